The second-order valence-electron chi connectivity index (χ2n) is 0. The summed E-state index contributed by atoms with van der Waals surface area (Å²) in [5, 5.41) is 0. The molecular formula is H4CeCuLaMgMoPTiY. The van der Waals surface area contributed by atoms with E-state index in [1.54, 1.807) is 0 Å². The van der Waals surface area contributed by atoms with Crippen molar-refractivity contribution in [1.82, 2.24) is 0 Å². The molecule has 0 heterocycles. The molecule has 0 N–H and O–H groups in total. The average molecular weight is 635 g/mol. The summed E-state index contributed by atoms with van der Waals surface area (Å²) < 4.78 is 0. The van der Waals surface area contributed by atoms with E-state index in [1.165, 1.54) is 0 Å². The van der Waals surface area contributed by atoms with Crippen LogP contribution in [0.2, 0.25) is 0 Å². The van der Waals surface area contributed by atoms with Gasteiger partial charge in [-0.2, -0.15) is 0 Å². The van der Waals surface area contributed by atoms with Crippen LogP contribution >= 0.6 is 7.33 Å². The number of hydrogen-bond donors (Lipinski definition) is 0. The smallest absolute Gasteiger partial charge is 0 e. The Balaban J connectivity index is -0.000000000333. The largest absolute Gasteiger partial charge is 0 e. The van der Waals surface area contributed by atoms with Crippen LogP contribution in [0.3, 0.4) is 0 Å². The van der Waals surface area contributed by atoms with Crippen molar-refractivity contribution in [1.29, 1.82) is 0 Å². The normalized spacial score (nSPS) is 0.625. The van der Waals surface area contributed by atoms with Crippen molar-refractivity contribution in [2.24, 2.45) is 0 Å². The van der Waals surface area contributed by atoms with Crippen LogP contribution in [0.4, 0.5) is 0 Å². The molecule has 0 aromatic rings. The fraction of sp³-hybridized carbons (Fsp3) is 0. The van der Waals surface area contributed by atoms with E-state index < -0.39 is 0 Å². The zero-order valence-electron chi connectivity index (χ0n) is 3.44. The van der Waals surface area contributed by atoms with Gasteiger partial charge in [-0.1, -0.05) is 0 Å². The molecule has 0 rings (SSSR count). The van der Waals surface area contributed by atoms with Crippen LogP contribution in [-0.2, 0) is 90.8 Å². The van der Waals surface area contributed by atoms with Gasteiger partial charge < -0.3 is 0 Å². The van der Waals surface area contributed by atoms with E-state index in [-0.39, 0.29) is 172 Å². The van der Waals surface area contributed by atoms with Gasteiger partial charge in [0, 0.05) is 149 Å². The SMILES string of the molecule is [Ce].[Cu].[La].[MgH2].[PH2][Mo].[Ti].[Y]. The predicted octanol–water partition coefficient (Wildman–Crippen LogP) is -0.600. The third kappa shape index (κ3) is 38.6. The minimum Gasteiger partial charge on any atom is 0 e. The average Bonchev–Trinajstić information content (AvgIpc) is 1.00. The molecule has 0 saturated heterocycles. The van der Waals surface area contributed by atoms with Gasteiger partial charge in [-0.05, 0) is 0 Å². The topological polar surface area (TPSA) is 0 Å². The van der Waals surface area contributed by atoms with Crippen molar-refractivity contribution >= 4 is 30.4 Å². The molecule has 0 aromatic carbocycles. The molecule has 0 bridgehead atoms. The minimum absolute atomic E-state index is 0. The van der Waals surface area contributed by atoms with Gasteiger partial charge in [0.15, 0.2) is 0 Å². The zero-order chi connectivity index (χ0) is 2.00. The van der Waals surface area contributed by atoms with Crippen LogP contribution < -0.4 is 0 Å². The second-order valence-corrected chi connectivity index (χ2v) is 0. The molecule has 0 aliphatic heterocycles. The first-order chi connectivity index (χ1) is 1.00. The Morgan fingerprint density at radius 3 is 1.12 bits per heavy atom. The quantitative estimate of drug-likeness (QED) is 0.247. The van der Waals surface area contributed by atoms with Crippen molar-refractivity contribution in [3.05, 3.63) is 0 Å². The van der Waals surface area contributed by atoms with Gasteiger partial charge in [-0.25, -0.2) is 0 Å². The molecule has 0 nitrogen and oxygen atoms in total. The van der Waals surface area contributed by atoms with Gasteiger partial charge in [0.1, 0.15) is 0 Å². The molecule has 0 amide bonds. The summed E-state index contributed by atoms with van der Waals surface area (Å²) in [7, 11) is 2.43. The summed E-state index contributed by atoms with van der Waals surface area (Å²) in [6.45, 7) is 0. The maximum absolute atomic E-state index is 2.43. The molecule has 0 aliphatic carbocycles. The summed E-state index contributed by atoms with van der Waals surface area (Å²) in [6, 6.07) is 0. The molecule has 8 heavy (non-hydrogen) atoms. The third-order valence-corrected chi connectivity index (χ3v) is 0. The van der Waals surface area contributed by atoms with Gasteiger partial charge in [-0.15, -0.1) is 0 Å². The van der Waals surface area contributed by atoms with E-state index in [9.17, 15) is 0 Å². The molecule has 42 valence electrons. The summed E-state index contributed by atoms with van der Waals surface area (Å²) in [5.74, 6) is 0. The van der Waals surface area contributed by atoms with Crippen LogP contribution in [0.15, 0.2) is 0 Å². The summed E-state index contributed by atoms with van der Waals surface area (Å²) in [6.07, 6.45) is 0. The molecule has 3 radical (unpaired) electrons. The molecule has 0 aromatic heterocycles. The summed E-state index contributed by atoms with van der Waals surface area (Å²) in [4.78, 5) is 0. The van der Waals surface area contributed by atoms with Crippen molar-refractivity contribution in [3.8, 4) is 0 Å². The van der Waals surface area contributed by atoms with Crippen LogP contribution in [0.1, 0.15) is 0 Å². The monoisotopic (exact) mass is 635 g/mol. The molecule has 1 atom stereocenters. The maximum atomic E-state index is 2.43. The van der Waals surface area contributed by atoms with Gasteiger partial charge in [0.2, 0.25) is 0 Å². The van der Waals surface area contributed by atoms with Crippen LogP contribution in [-0.4, -0.2) is 23.1 Å². The van der Waals surface area contributed by atoms with Crippen molar-refractivity contribution in [2.45, 2.75) is 0 Å². The van der Waals surface area contributed by atoms with E-state index in [4.69, 9.17) is 0 Å². The van der Waals surface area contributed by atoms with Crippen molar-refractivity contribution in [3.63, 3.8) is 0 Å². The Morgan fingerprint density at radius 1 is 1.12 bits per heavy atom. The van der Waals surface area contributed by atoms with Crippen molar-refractivity contribution in [2.75, 3.05) is 0 Å². The Kier molecular flexibility index (Phi) is 283. The summed E-state index contributed by atoms with van der Waals surface area (Å²) >= 11 is 1.87. The number of hydrogen-bond acceptors (Lipinski definition) is 0. The first-order valence-corrected chi connectivity index (χ1v) is 4.18. The van der Waals surface area contributed by atoms with E-state index in [0.717, 1.165) is 0 Å². The first-order valence-electron chi connectivity index (χ1n) is 0.236. The second kappa shape index (κ2) is 48.9. The standard InChI is InChI=1S/Ce.Cu.La.Mg.Mo.H2P.Ti.Y.2H/h;;;;;1H2;;;;/q;;;;+1;-1;;;;. The maximum Gasteiger partial charge on any atom is 0 e. The Labute approximate surface area is 192 Å². The fourth-order valence-corrected chi connectivity index (χ4v) is 0. The molecule has 1 unspecified atom stereocenters. The van der Waals surface area contributed by atoms with Gasteiger partial charge in [-0.3, -0.25) is 0 Å². The molecule has 0 spiro atoms. The van der Waals surface area contributed by atoms with Crippen LogP contribution in [0.5, 0.6) is 0 Å². The Bertz CT molecular complexity index is 24.0. The third-order valence-electron chi connectivity index (χ3n) is 0. The number of rotatable bonds is 0. The van der Waals surface area contributed by atoms with E-state index >= 15 is 0 Å². The Hall–Kier alpha value is 6.79. The van der Waals surface area contributed by atoms with Gasteiger partial charge in [0.05, 0.1) is 0 Å². The van der Waals surface area contributed by atoms with Crippen LogP contribution in [0, 0.1) is 77.3 Å². The molecule has 0 fully saturated rings. The molecule has 8 heteroatoms. The predicted molar refractivity (Wildman–Crippen MR) is 18.3 cm³/mol. The Morgan fingerprint density at radius 2 is 1.12 bits per heavy atom. The first kappa shape index (κ1) is 46.3. The van der Waals surface area contributed by atoms with Gasteiger partial charge in [0.25, 0.3) is 0 Å². The summed E-state index contributed by atoms with van der Waals surface area (Å²) in [5.41, 5.74) is 0. The molecule has 0 aliphatic rings. The zero-order valence-corrected chi connectivity index (χ0v) is 18.7. The van der Waals surface area contributed by atoms with Crippen molar-refractivity contribution < 1.29 is 168 Å². The van der Waals surface area contributed by atoms with E-state index in [2.05, 4.69) is 7.33 Å². The molecular weight excluding hydrogens is 631 g/mol. The van der Waals surface area contributed by atoms with E-state index in [1.807, 2.05) is 19.3 Å². The van der Waals surface area contributed by atoms with Gasteiger partial charge >= 0.3 is 49.7 Å². The molecule has 0 saturated carbocycles. The fourth-order valence-electron chi connectivity index (χ4n) is 0. The minimum atomic E-state index is 0. The van der Waals surface area contributed by atoms with Crippen LogP contribution in [0.25, 0.3) is 0 Å². The van der Waals surface area contributed by atoms with E-state index in [0.29, 0.717) is 0 Å².